The Labute approximate surface area is 163 Å². The standard InChI is InChI=1S/C20H18F4N2O3/c21-14-10-12(6-8-15(14)27)17(11-4-2-1-3-5-11)26-19(29)13-7-9-16(20(22,23)24)25-18(13)28/h1-6,8,10,13,16-17,27H,7,9H2,(H,25,28)(H,26,29). The van der Waals surface area contributed by atoms with Crippen molar-refractivity contribution in [2.24, 2.45) is 5.92 Å². The summed E-state index contributed by atoms with van der Waals surface area (Å²) in [5, 5.41) is 13.9. The number of rotatable bonds is 4. The number of hydrogen-bond donors (Lipinski definition) is 3. The second-order valence-corrected chi connectivity index (χ2v) is 6.80. The molecule has 2 amide bonds. The molecule has 3 rings (SSSR count). The lowest BCUT2D eigenvalue weighted by atomic mass is 9.91. The van der Waals surface area contributed by atoms with E-state index in [0.29, 0.717) is 11.1 Å². The van der Waals surface area contributed by atoms with Gasteiger partial charge in [-0.3, -0.25) is 9.59 Å². The molecule has 0 aromatic heterocycles. The van der Waals surface area contributed by atoms with E-state index in [9.17, 15) is 32.3 Å². The van der Waals surface area contributed by atoms with Crippen molar-refractivity contribution in [3.63, 3.8) is 0 Å². The highest BCUT2D eigenvalue weighted by molar-refractivity contribution is 6.01. The highest BCUT2D eigenvalue weighted by atomic mass is 19.4. The quantitative estimate of drug-likeness (QED) is 0.535. The zero-order valence-electron chi connectivity index (χ0n) is 15.0. The van der Waals surface area contributed by atoms with Crippen molar-refractivity contribution in [1.82, 2.24) is 10.6 Å². The molecule has 0 saturated carbocycles. The first-order valence-electron chi connectivity index (χ1n) is 8.87. The van der Waals surface area contributed by atoms with Crippen molar-refractivity contribution in [3.8, 4) is 5.75 Å². The summed E-state index contributed by atoms with van der Waals surface area (Å²) in [7, 11) is 0. The van der Waals surface area contributed by atoms with Crippen LogP contribution in [0.2, 0.25) is 0 Å². The van der Waals surface area contributed by atoms with E-state index >= 15 is 0 Å². The molecule has 0 aliphatic carbocycles. The lowest BCUT2D eigenvalue weighted by Gasteiger charge is -2.31. The largest absolute Gasteiger partial charge is 0.505 e. The number of phenolic OH excluding ortho intramolecular Hbond substituents is 1. The highest BCUT2D eigenvalue weighted by Gasteiger charge is 2.46. The topological polar surface area (TPSA) is 78.4 Å². The first-order valence-corrected chi connectivity index (χ1v) is 8.87. The van der Waals surface area contributed by atoms with Crippen LogP contribution in [0.25, 0.3) is 0 Å². The summed E-state index contributed by atoms with van der Waals surface area (Å²) >= 11 is 0. The molecule has 5 nitrogen and oxygen atoms in total. The van der Waals surface area contributed by atoms with Crippen molar-refractivity contribution in [3.05, 3.63) is 65.5 Å². The minimum atomic E-state index is -4.58. The first kappa shape index (κ1) is 20.6. The summed E-state index contributed by atoms with van der Waals surface area (Å²) in [6, 6.07) is 9.26. The van der Waals surface area contributed by atoms with Gasteiger partial charge in [0.1, 0.15) is 12.0 Å². The lowest BCUT2D eigenvalue weighted by molar-refractivity contribution is -0.171. The Bertz CT molecular complexity index is 902. The number of halogens is 4. The maximum absolute atomic E-state index is 13.8. The number of aromatic hydroxyl groups is 1. The molecule has 1 heterocycles. The van der Waals surface area contributed by atoms with Crippen LogP contribution in [0.3, 0.4) is 0 Å². The van der Waals surface area contributed by atoms with Crippen molar-refractivity contribution in [1.29, 1.82) is 0 Å². The smallest absolute Gasteiger partial charge is 0.408 e. The lowest BCUT2D eigenvalue weighted by Crippen LogP contribution is -2.54. The van der Waals surface area contributed by atoms with E-state index in [1.165, 1.54) is 6.07 Å². The van der Waals surface area contributed by atoms with Gasteiger partial charge in [-0.2, -0.15) is 13.2 Å². The summed E-state index contributed by atoms with van der Waals surface area (Å²) in [5.41, 5.74) is 0.888. The number of nitrogens with one attached hydrogen (secondary N) is 2. The Morgan fingerprint density at radius 2 is 1.79 bits per heavy atom. The third-order valence-electron chi connectivity index (χ3n) is 4.81. The number of carbonyl (C=O) groups excluding carboxylic acids is 2. The Hall–Kier alpha value is -3.10. The molecule has 3 unspecified atom stereocenters. The molecule has 0 radical (unpaired) electrons. The van der Waals surface area contributed by atoms with Gasteiger partial charge in [0, 0.05) is 0 Å². The molecule has 2 aromatic carbocycles. The molecule has 154 valence electrons. The number of carbonyl (C=O) groups is 2. The average Bonchev–Trinajstić information content (AvgIpc) is 2.68. The molecule has 1 saturated heterocycles. The van der Waals surface area contributed by atoms with Gasteiger partial charge in [-0.15, -0.1) is 0 Å². The molecule has 0 bridgehead atoms. The molecule has 1 aliphatic rings. The van der Waals surface area contributed by atoms with Crippen LogP contribution >= 0.6 is 0 Å². The van der Waals surface area contributed by atoms with E-state index in [2.05, 4.69) is 5.32 Å². The second-order valence-electron chi connectivity index (χ2n) is 6.80. The van der Waals surface area contributed by atoms with Crippen LogP contribution in [0.15, 0.2) is 48.5 Å². The van der Waals surface area contributed by atoms with Gasteiger partial charge in [0.05, 0.1) is 6.04 Å². The number of piperidine rings is 1. The Kier molecular flexibility index (Phi) is 5.76. The van der Waals surface area contributed by atoms with Gasteiger partial charge < -0.3 is 15.7 Å². The molecule has 3 atom stereocenters. The van der Waals surface area contributed by atoms with Crippen molar-refractivity contribution in [2.75, 3.05) is 0 Å². The van der Waals surface area contributed by atoms with Crippen LogP contribution in [-0.4, -0.2) is 29.1 Å². The number of benzene rings is 2. The van der Waals surface area contributed by atoms with Gasteiger partial charge in [0.15, 0.2) is 11.6 Å². The van der Waals surface area contributed by atoms with E-state index in [-0.39, 0.29) is 6.42 Å². The summed E-state index contributed by atoms with van der Waals surface area (Å²) < 4.78 is 52.2. The van der Waals surface area contributed by atoms with Gasteiger partial charge >= 0.3 is 6.18 Å². The molecule has 0 spiro atoms. The third kappa shape index (κ3) is 4.67. The summed E-state index contributed by atoms with van der Waals surface area (Å²) in [5.74, 6) is -4.50. The van der Waals surface area contributed by atoms with Crippen LogP contribution in [0.4, 0.5) is 17.6 Å². The fourth-order valence-electron chi connectivity index (χ4n) is 3.25. The Morgan fingerprint density at radius 1 is 1.10 bits per heavy atom. The van der Waals surface area contributed by atoms with Gasteiger partial charge in [-0.25, -0.2) is 4.39 Å². The number of phenols is 1. The van der Waals surface area contributed by atoms with Crippen LogP contribution < -0.4 is 10.6 Å². The monoisotopic (exact) mass is 410 g/mol. The van der Waals surface area contributed by atoms with Crippen molar-refractivity contribution in [2.45, 2.75) is 31.1 Å². The van der Waals surface area contributed by atoms with Gasteiger partial charge in [0.2, 0.25) is 11.8 Å². The average molecular weight is 410 g/mol. The number of hydrogen-bond acceptors (Lipinski definition) is 3. The number of amides is 2. The zero-order chi connectivity index (χ0) is 21.2. The predicted molar refractivity (Wildman–Crippen MR) is 95.2 cm³/mol. The third-order valence-corrected chi connectivity index (χ3v) is 4.81. The minimum Gasteiger partial charge on any atom is -0.505 e. The fraction of sp³-hybridized carbons (Fsp3) is 0.300. The summed E-state index contributed by atoms with van der Waals surface area (Å²) in [4.78, 5) is 24.8. The Balaban J connectivity index is 1.82. The Morgan fingerprint density at radius 3 is 2.38 bits per heavy atom. The molecule has 1 aliphatic heterocycles. The van der Waals surface area contributed by atoms with Gasteiger partial charge in [-0.1, -0.05) is 36.4 Å². The van der Waals surface area contributed by atoms with Crippen molar-refractivity contribution >= 4 is 11.8 Å². The second kappa shape index (κ2) is 8.10. The van der Waals surface area contributed by atoms with E-state index < -0.39 is 54.0 Å². The van der Waals surface area contributed by atoms with Gasteiger partial charge in [-0.05, 0) is 36.1 Å². The SMILES string of the molecule is O=C(NC(c1ccccc1)c1ccc(O)c(F)c1)C1CCC(C(F)(F)F)NC1=O. The van der Waals surface area contributed by atoms with E-state index in [4.69, 9.17) is 0 Å². The molecular formula is C20H18F4N2O3. The summed E-state index contributed by atoms with van der Waals surface area (Å²) in [6.07, 6.45) is -5.24. The maximum Gasteiger partial charge on any atom is 0.408 e. The van der Waals surface area contributed by atoms with Crippen LogP contribution in [0.1, 0.15) is 30.0 Å². The molecule has 3 N–H and O–H groups in total. The highest BCUT2D eigenvalue weighted by Crippen LogP contribution is 2.30. The summed E-state index contributed by atoms with van der Waals surface area (Å²) in [6.45, 7) is 0. The predicted octanol–water partition coefficient (Wildman–Crippen LogP) is 3.19. The molecule has 9 heteroatoms. The molecular weight excluding hydrogens is 392 g/mol. The molecule has 1 fully saturated rings. The molecule has 2 aromatic rings. The minimum absolute atomic E-state index is 0.257. The normalized spacial score (nSPS) is 20.6. The first-order chi connectivity index (χ1) is 13.7. The zero-order valence-corrected chi connectivity index (χ0v) is 15.0. The van der Waals surface area contributed by atoms with Crippen molar-refractivity contribution < 1.29 is 32.3 Å². The maximum atomic E-state index is 13.8. The fourth-order valence-corrected chi connectivity index (χ4v) is 3.25. The number of alkyl halides is 3. The van der Waals surface area contributed by atoms with Crippen LogP contribution in [0.5, 0.6) is 5.75 Å². The molecule has 29 heavy (non-hydrogen) atoms. The van der Waals surface area contributed by atoms with Crippen LogP contribution in [-0.2, 0) is 9.59 Å². The van der Waals surface area contributed by atoms with E-state index in [1.54, 1.807) is 30.3 Å². The van der Waals surface area contributed by atoms with Gasteiger partial charge in [0.25, 0.3) is 0 Å². The van der Waals surface area contributed by atoms with E-state index in [1.807, 2.05) is 5.32 Å². The van der Waals surface area contributed by atoms with Crippen LogP contribution in [0, 0.1) is 11.7 Å². The van der Waals surface area contributed by atoms with E-state index in [0.717, 1.165) is 12.1 Å².